The maximum absolute atomic E-state index is 12.2. The number of hydrogen-bond acceptors (Lipinski definition) is 30. The lowest BCUT2D eigenvalue weighted by Gasteiger charge is -2.58. The van der Waals surface area contributed by atoms with E-state index in [0.717, 1.165) is 39.0 Å². The van der Waals surface area contributed by atoms with Gasteiger partial charge in [0.1, 0.15) is 129 Å². The molecule has 10 rings (SSSR count). The molecule has 17 N–H and O–H groups in total. The molecule has 36 atom stereocenters. The van der Waals surface area contributed by atoms with Gasteiger partial charge in [0, 0.05) is 19.3 Å². The molecular formula is C59H96O30. The number of ether oxygens (including phenoxy) is 12. The normalized spacial score (nSPS) is 52.8. The van der Waals surface area contributed by atoms with Gasteiger partial charge in [-0.05, 0) is 91.8 Å². The van der Waals surface area contributed by atoms with Crippen molar-refractivity contribution in [2.45, 2.75) is 264 Å². The molecule has 10 aliphatic rings. The van der Waals surface area contributed by atoms with Crippen LogP contribution in [0.25, 0.3) is 0 Å². The fourth-order valence-corrected chi connectivity index (χ4v) is 16.7. The van der Waals surface area contributed by atoms with Gasteiger partial charge in [-0.3, -0.25) is 4.79 Å². The van der Waals surface area contributed by atoms with Crippen LogP contribution in [0.1, 0.15) is 92.4 Å². The highest BCUT2D eigenvalue weighted by Crippen LogP contribution is 2.70. The average Bonchev–Trinajstić information content (AvgIpc) is 1.59. The molecule has 0 aromatic carbocycles. The Kier molecular flexibility index (Phi) is 22.0. The van der Waals surface area contributed by atoms with E-state index in [4.69, 9.17) is 56.8 Å². The molecule has 512 valence electrons. The van der Waals surface area contributed by atoms with Gasteiger partial charge in [-0.2, -0.15) is 0 Å². The number of fused-ring (bicyclic) bond motifs is 7. The Morgan fingerprint density at radius 3 is 1.70 bits per heavy atom. The lowest BCUT2D eigenvalue weighted by Crippen LogP contribution is -2.69. The molecule has 0 aromatic rings. The smallest absolute Gasteiger partial charge is 0.302 e. The first-order valence-electron chi connectivity index (χ1n) is 31.5. The molecule has 0 amide bonds. The van der Waals surface area contributed by atoms with Gasteiger partial charge in [-0.25, -0.2) is 0 Å². The molecular weight excluding hydrogens is 1190 g/mol. The van der Waals surface area contributed by atoms with Crippen molar-refractivity contribution in [3.63, 3.8) is 0 Å². The second-order valence-corrected chi connectivity index (χ2v) is 27.3. The number of aliphatic hydroxyl groups excluding tert-OH is 16. The zero-order chi connectivity index (χ0) is 64.5. The third kappa shape index (κ3) is 13.3. The first-order chi connectivity index (χ1) is 42.1. The summed E-state index contributed by atoms with van der Waals surface area (Å²) in [6.07, 6.45) is -36.3. The molecule has 0 bridgehead atoms. The van der Waals surface area contributed by atoms with Crippen LogP contribution in [-0.4, -0.2) is 304 Å². The van der Waals surface area contributed by atoms with Crippen LogP contribution >= 0.6 is 0 Å². The Labute approximate surface area is 514 Å². The summed E-state index contributed by atoms with van der Waals surface area (Å²) >= 11 is 0. The number of esters is 1. The zero-order valence-corrected chi connectivity index (χ0v) is 50.6. The predicted molar refractivity (Wildman–Crippen MR) is 294 cm³/mol. The van der Waals surface area contributed by atoms with Crippen molar-refractivity contribution in [3.05, 3.63) is 11.6 Å². The number of rotatable bonds is 20. The molecule has 9 fully saturated rings. The fourth-order valence-electron chi connectivity index (χ4n) is 16.7. The number of aliphatic hydroxyl groups is 17. The summed E-state index contributed by atoms with van der Waals surface area (Å²) in [5, 5.41) is 184. The van der Waals surface area contributed by atoms with Crippen molar-refractivity contribution in [3.8, 4) is 0 Å². The van der Waals surface area contributed by atoms with Crippen LogP contribution in [0, 0.1) is 46.3 Å². The van der Waals surface area contributed by atoms with Crippen molar-refractivity contribution in [2.24, 2.45) is 46.3 Å². The zero-order valence-electron chi connectivity index (χ0n) is 50.6. The van der Waals surface area contributed by atoms with Crippen LogP contribution in [0.4, 0.5) is 0 Å². The Morgan fingerprint density at radius 2 is 1.11 bits per heavy atom. The van der Waals surface area contributed by atoms with Gasteiger partial charge in [-0.15, -0.1) is 0 Å². The summed E-state index contributed by atoms with van der Waals surface area (Å²) in [6.45, 7) is 5.93. The van der Waals surface area contributed by atoms with Crippen molar-refractivity contribution in [1.29, 1.82) is 0 Å². The molecule has 0 aromatic heterocycles. The molecule has 0 radical (unpaired) electrons. The van der Waals surface area contributed by atoms with E-state index in [0.29, 0.717) is 43.4 Å². The van der Waals surface area contributed by atoms with E-state index in [2.05, 4.69) is 26.8 Å². The fraction of sp³-hybridized carbons (Fsp3) is 0.949. The van der Waals surface area contributed by atoms with Crippen molar-refractivity contribution in [1.82, 2.24) is 0 Å². The summed E-state index contributed by atoms with van der Waals surface area (Å²) in [5.74, 6) is -1.36. The minimum absolute atomic E-state index is 0.104. The van der Waals surface area contributed by atoms with E-state index >= 15 is 0 Å². The average molecular weight is 1290 g/mol. The Morgan fingerprint density at radius 1 is 0.596 bits per heavy atom. The van der Waals surface area contributed by atoms with Crippen molar-refractivity contribution in [2.75, 3.05) is 39.6 Å². The summed E-state index contributed by atoms with van der Waals surface area (Å²) in [4.78, 5) is 12.1. The van der Waals surface area contributed by atoms with Gasteiger partial charge in [-0.1, -0.05) is 39.3 Å². The van der Waals surface area contributed by atoms with Crippen molar-refractivity contribution >= 4 is 5.97 Å². The number of carbonyl (C=O) groups excluding carboxylic acids is 1. The first-order valence-corrected chi connectivity index (χ1v) is 31.5. The minimum Gasteiger partial charge on any atom is -0.463 e. The van der Waals surface area contributed by atoms with E-state index in [9.17, 15) is 91.6 Å². The topological polar surface area (TPSA) is 472 Å². The molecule has 6 heterocycles. The third-order valence-electron chi connectivity index (χ3n) is 21.9. The predicted octanol–water partition coefficient (Wildman–Crippen LogP) is -5.64. The first kappa shape index (κ1) is 69.9. The van der Waals surface area contributed by atoms with Gasteiger partial charge in [0.25, 0.3) is 0 Å². The van der Waals surface area contributed by atoms with Gasteiger partial charge in [0.15, 0.2) is 37.2 Å². The Balaban J connectivity index is 0.794. The van der Waals surface area contributed by atoms with Crippen LogP contribution in [0.3, 0.4) is 0 Å². The highest BCUT2D eigenvalue weighted by molar-refractivity contribution is 5.65. The lowest BCUT2D eigenvalue weighted by atomic mass is 9.47. The molecule has 0 spiro atoms. The molecule has 30 nitrogen and oxygen atoms in total. The van der Waals surface area contributed by atoms with Gasteiger partial charge >= 0.3 is 5.97 Å². The maximum Gasteiger partial charge on any atom is 0.302 e. The van der Waals surface area contributed by atoms with Crippen molar-refractivity contribution < 1.29 is 148 Å². The monoisotopic (exact) mass is 1280 g/mol. The molecule has 89 heavy (non-hydrogen) atoms. The number of hydrogen-bond donors (Lipinski definition) is 17. The van der Waals surface area contributed by atoms with Crippen LogP contribution in [0.2, 0.25) is 0 Å². The molecule has 0 unspecified atom stereocenters. The second kappa shape index (κ2) is 28.0. The van der Waals surface area contributed by atoms with Gasteiger partial charge in [0.2, 0.25) is 0 Å². The molecule has 6 saturated heterocycles. The van der Waals surface area contributed by atoms with Crippen LogP contribution in [0.15, 0.2) is 11.6 Å². The standard InChI is InChI=1S/C59H96O30/c1-22(20-79-52-45(73)41(69)37(65)31(16-60)81-52)8-13-59(77)23(2)36-30(89-59)15-29-27-7-6-25-14-26(9-11-57(25,4)28(27)10-12-58(29,36)5)80-53-48(76)44(72)49(34(19-63)84-53)86-56-51(88-55-47(75)43(71)39(67)33(18-62)83-55)50(40(68)35(85-56)21-78-24(3)64)87-54-46(74)42(70)38(66)32(17-61)82-54/h6,22-23,26-56,60-63,65-77H,7-21H2,1-5H3/t22-,23+,26+,27-,28+,29+,30+,31-,32-,33-,34-,35-,36+,37-,38-,39-,40-,41+,42+,43+,44-,45-,46-,47-,48-,49+,50+,51-,52-,53-,54+,55+,56+,57+,58+,59-/m1/s1. The van der Waals surface area contributed by atoms with E-state index in [1.807, 2.05) is 6.92 Å². The largest absolute Gasteiger partial charge is 0.463 e. The van der Waals surface area contributed by atoms with Crippen LogP contribution in [0.5, 0.6) is 0 Å². The Hall–Kier alpha value is -1.91. The van der Waals surface area contributed by atoms with Crippen LogP contribution < -0.4 is 0 Å². The van der Waals surface area contributed by atoms with Gasteiger partial charge in [0.05, 0.1) is 45.2 Å². The van der Waals surface area contributed by atoms with Gasteiger partial charge < -0.3 is 144 Å². The summed E-state index contributed by atoms with van der Waals surface area (Å²) in [5.41, 5.74) is 0.908. The second-order valence-electron chi connectivity index (χ2n) is 27.3. The quantitative estimate of drug-likeness (QED) is 0.0399. The highest BCUT2D eigenvalue weighted by atomic mass is 16.8. The van der Waals surface area contributed by atoms with E-state index in [1.165, 1.54) is 5.57 Å². The third-order valence-corrected chi connectivity index (χ3v) is 21.9. The lowest BCUT2D eigenvalue weighted by molar-refractivity contribution is -0.406. The Bertz CT molecular complexity index is 2370. The molecule has 6 aliphatic heterocycles. The number of allylic oxidation sites excluding steroid dienone is 1. The minimum atomic E-state index is -2.09. The SMILES string of the molecule is CC(=O)OC[C@H]1O[C@@H](O[C@@H]2[C@H](O)[C@@H](O)[C@H](O[C@H]3CC[C@@]4(C)C(=CC[C@H]5[C@@H]6C[C@@H]7O[C@](O)(CC[C@@H](C)CO[C@@H]8O[C@H](CO)[C@@H](O)[C@H](O)[C@H]8O)[C@@H](C)[C@@H]7[C@@]6(C)CC[C@@H]54)C3)O[C@@H]2CO)[C@H](O[C@@H]2O[C@H](CO)[C@@H](O)[C@H](O)[C@H]2O)[C@@H](O[C@@H]2O[C@H](CO)[C@@H](O)[C@H](O)[C@H]2O)[C@@H]1O. The summed E-state index contributed by atoms with van der Waals surface area (Å²) < 4.78 is 71.6. The summed E-state index contributed by atoms with van der Waals surface area (Å²) in [6, 6.07) is 0. The van der Waals surface area contributed by atoms with E-state index in [1.54, 1.807) is 0 Å². The molecule has 4 aliphatic carbocycles. The molecule has 3 saturated carbocycles. The maximum atomic E-state index is 12.2. The van der Waals surface area contributed by atoms with E-state index in [-0.39, 0.29) is 41.3 Å². The summed E-state index contributed by atoms with van der Waals surface area (Å²) in [7, 11) is 0. The molecule has 30 heteroatoms. The van der Waals surface area contributed by atoms with E-state index < -0.39 is 204 Å². The number of carbonyl (C=O) groups is 1. The van der Waals surface area contributed by atoms with Crippen LogP contribution in [-0.2, 0) is 61.6 Å². The highest BCUT2D eigenvalue weighted by Gasteiger charge is 2.68.